The van der Waals surface area contributed by atoms with Gasteiger partial charge < -0.3 is 25.1 Å². The Kier molecular flexibility index (Phi) is 26.3. The average Bonchev–Trinajstić information content (AvgIpc) is 2.52. The molecule has 0 aliphatic heterocycles. The first-order valence-electron chi connectivity index (χ1n) is 9.13. The first-order valence-corrected chi connectivity index (χ1v) is 9.13. The molecule has 0 spiro atoms. The minimum atomic E-state index is -1.40. The van der Waals surface area contributed by atoms with Gasteiger partial charge >= 0.3 is 59.1 Å². The minimum absolute atomic E-state index is 0. The van der Waals surface area contributed by atoms with E-state index in [-0.39, 0.29) is 84.3 Å². The third-order valence-corrected chi connectivity index (χ3v) is 4.03. The normalized spacial score (nSPS) is 11.1. The van der Waals surface area contributed by atoms with Gasteiger partial charge in [-0.25, -0.2) is 0 Å². The average molecular weight is 387 g/mol. The van der Waals surface area contributed by atoms with Gasteiger partial charge in [0.05, 0.1) is 12.5 Å². The molecule has 0 aromatic heterocycles. The van der Waals surface area contributed by atoms with Gasteiger partial charge in [-0.05, 0) is 19.3 Å². The van der Waals surface area contributed by atoms with Crippen LogP contribution in [0.2, 0.25) is 0 Å². The molecule has 0 bridgehead atoms. The van der Waals surface area contributed by atoms with Crippen molar-refractivity contribution in [1.82, 2.24) is 5.32 Å². The van der Waals surface area contributed by atoms with Crippen molar-refractivity contribution in [3.8, 4) is 0 Å². The number of carboxylic acids is 2. The summed E-state index contributed by atoms with van der Waals surface area (Å²) in [7, 11) is 0. The SMILES string of the molecule is CCCCCCCCCCCC(=O)CN[C@@H](CCC(=O)[O-])C(=O)[O-].[Na+].[Na+]. The van der Waals surface area contributed by atoms with E-state index in [1.807, 2.05) is 0 Å². The summed E-state index contributed by atoms with van der Waals surface area (Å²) >= 11 is 0. The zero-order chi connectivity index (χ0) is 18.2. The van der Waals surface area contributed by atoms with Crippen LogP contribution < -0.4 is 74.6 Å². The first kappa shape index (κ1) is 31.3. The molecular formula is C18H31NNa2O5. The van der Waals surface area contributed by atoms with Gasteiger partial charge in [0.1, 0.15) is 5.78 Å². The van der Waals surface area contributed by atoms with E-state index in [0.717, 1.165) is 19.3 Å². The molecule has 0 aromatic carbocycles. The maximum Gasteiger partial charge on any atom is 1.00 e. The number of hydrogen-bond acceptors (Lipinski definition) is 6. The Morgan fingerprint density at radius 3 is 1.77 bits per heavy atom. The van der Waals surface area contributed by atoms with Crippen LogP contribution in [-0.4, -0.2) is 30.3 Å². The summed E-state index contributed by atoms with van der Waals surface area (Å²) in [6.07, 6.45) is 10.4. The van der Waals surface area contributed by atoms with Gasteiger partial charge in [-0.1, -0.05) is 58.3 Å². The topological polar surface area (TPSA) is 109 Å². The molecule has 0 heterocycles. The van der Waals surface area contributed by atoms with Crippen molar-refractivity contribution in [1.29, 1.82) is 0 Å². The van der Waals surface area contributed by atoms with Crippen LogP contribution in [0.25, 0.3) is 0 Å². The molecule has 0 amide bonds. The molecule has 1 N–H and O–H groups in total. The molecule has 0 radical (unpaired) electrons. The molecule has 1 atom stereocenters. The largest absolute Gasteiger partial charge is 1.00 e. The molecule has 0 aliphatic rings. The number of carbonyl (C=O) groups is 3. The zero-order valence-electron chi connectivity index (χ0n) is 16.8. The van der Waals surface area contributed by atoms with Crippen molar-refractivity contribution in [2.24, 2.45) is 0 Å². The predicted octanol–water partition coefficient (Wildman–Crippen LogP) is -5.28. The molecule has 0 aromatic rings. The van der Waals surface area contributed by atoms with Crippen molar-refractivity contribution >= 4 is 17.7 Å². The Morgan fingerprint density at radius 1 is 0.808 bits per heavy atom. The molecule has 6 nitrogen and oxygen atoms in total. The third-order valence-electron chi connectivity index (χ3n) is 4.03. The van der Waals surface area contributed by atoms with Crippen molar-refractivity contribution in [2.45, 2.75) is 90.0 Å². The van der Waals surface area contributed by atoms with Gasteiger partial charge in [-0.2, -0.15) is 0 Å². The van der Waals surface area contributed by atoms with Crippen LogP contribution in [0.15, 0.2) is 0 Å². The second kappa shape index (κ2) is 21.9. The van der Waals surface area contributed by atoms with E-state index in [4.69, 9.17) is 0 Å². The molecule has 0 fully saturated rings. The summed E-state index contributed by atoms with van der Waals surface area (Å²) in [6, 6.07) is -1.13. The summed E-state index contributed by atoms with van der Waals surface area (Å²) in [5.41, 5.74) is 0. The standard InChI is InChI=1S/C18H33NO5.2Na/c1-2-3-4-5-6-7-8-9-10-11-15(20)14-19-16(18(23)24)12-13-17(21)22;;/h16,19H,2-14H2,1H3,(H,21,22)(H,23,24);;/q;2*+1/p-2/t16-;;/m0../s1. The Hall–Kier alpha value is 0.570. The van der Waals surface area contributed by atoms with Crippen molar-refractivity contribution in [2.75, 3.05) is 6.54 Å². The number of unbranched alkanes of at least 4 members (excludes halogenated alkanes) is 8. The molecule has 8 heteroatoms. The number of rotatable bonds is 17. The molecule has 140 valence electrons. The van der Waals surface area contributed by atoms with Crippen LogP contribution in [-0.2, 0) is 14.4 Å². The Bertz CT molecular complexity index is 381. The van der Waals surface area contributed by atoms with Gasteiger partial charge in [0.15, 0.2) is 0 Å². The van der Waals surface area contributed by atoms with E-state index in [2.05, 4.69) is 12.2 Å². The maximum atomic E-state index is 11.7. The third kappa shape index (κ3) is 20.9. The molecule has 0 rings (SSSR count). The molecule has 0 unspecified atom stereocenters. The summed E-state index contributed by atoms with van der Waals surface area (Å²) in [6.45, 7) is 2.13. The number of hydrogen-bond donors (Lipinski definition) is 1. The van der Waals surface area contributed by atoms with Crippen molar-refractivity contribution in [3.63, 3.8) is 0 Å². The Morgan fingerprint density at radius 2 is 1.31 bits per heavy atom. The number of ketones is 1. The smallest absolute Gasteiger partial charge is 0.550 e. The fourth-order valence-corrected chi connectivity index (χ4v) is 2.52. The monoisotopic (exact) mass is 387 g/mol. The second-order valence-electron chi connectivity index (χ2n) is 6.28. The van der Waals surface area contributed by atoms with E-state index in [0.29, 0.717) is 6.42 Å². The molecule has 0 saturated heterocycles. The second-order valence-corrected chi connectivity index (χ2v) is 6.28. The summed E-state index contributed by atoms with van der Waals surface area (Å²) in [5, 5.41) is 23.8. The molecule has 0 saturated carbocycles. The van der Waals surface area contributed by atoms with Crippen LogP contribution >= 0.6 is 0 Å². The molecule has 26 heavy (non-hydrogen) atoms. The van der Waals surface area contributed by atoms with Gasteiger partial charge in [0.2, 0.25) is 0 Å². The van der Waals surface area contributed by atoms with Gasteiger partial charge in [-0.15, -0.1) is 0 Å². The maximum absolute atomic E-state index is 11.7. The number of carbonyl (C=O) groups excluding carboxylic acids is 3. The summed E-state index contributed by atoms with van der Waals surface area (Å²) in [4.78, 5) is 32.9. The molecule has 0 aliphatic carbocycles. The minimum Gasteiger partial charge on any atom is -0.550 e. The first-order chi connectivity index (χ1) is 11.5. The van der Waals surface area contributed by atoms with E-state index in [1.165, 1.54) is 38.5 Å². The van der Waals surface area contributed by atoms with Crippen LogP contribution in [0.3, 0.4) is 0 Å². The zero-order valence-corrected chi connectivity index (χ0v) is 20.8. The number of Topliss-reactive ketones (excluding diaryl/α,β-unsaturated/α-hetero) is 1. The summed E-state index contributed by atoms with van der Waals surface area (Å²) in [5.74, 6) is -2.77. The van der Waals surface area contributed by atoms with Crippen molar-refractivity contribution < 1.29 is 83.7 Å². The van der Waals surface area contributed by atoms with E-state index in [9.17, 15) is 24.6 Å². The fourth-order valence-electron chi connectivity index (χ4n) is 2.52. The Balaban J connectivity index is -0.00000264. The van der Waals surface area contributed by atoms with E-state index in [1.54, 1.807) is 0 Å². The number of aliphatic carboxylic acids is 2. The predicted molar refractivity (Wildman–Crippen MR) is 87.9 cm³/mol. The number of nitrogens with one attached hydrogen (secondary N) is 1. The van der Waals surface area contributed by atoms with Crippen LogP contribution in [0, 0.1) is 0 Å². The van der Waals surface area contributed by atoms with Crippen LogP contribution in [0.5, 0.6) is 0 Å². The van der Waals surface area contributed by atoms with Gasteiger partial charge in [-0.3, -0.25) is 4.79 Å². The van der Waals surface area contributed by atoms with Gasteiger partial charge in [0.25, 0.3) is 0 Å². The van der Waals surface area contributed by atoms with Crippen LogP contribution in [0.4, 0.5) is 0 Å². The molecular weight excluding hydrogens is 356 g/mol. The Labute approximate surface area is 201 Å². The van der Waals surface area contributed by atoms with E-state index >= 15 is 0 Å². The number of carboxylic acid groups (broad SMARTS) is 2. The fraction of sp³-hybridized carbons (Fsp3) is 0.833. The van der Waals surface area contributed by atoms with Crippen LogP contribution in [0.1, 0.15) is 84.0 Å². The van der Waals surface area contributed by atoms with Gasteiger partial charge in [0, 0.05) is 18.4 Å². The summed E-state index contributed by atoms with van der Waals surface area (Å²) < 4.78 is 0. The van der Waals surface area contributed by atoms with Crippen molar-refractivity contribution in [3.05, 3.63) is 0 Å². The quantitative estimate of drug-likeness (QED) is 0.197. The van der Waals surface area contributed by atoms with E-state index < -0.39 is 18.0 Å².